The number of hydrogen-bond donors (Lipinski definition) is 2. The number of anilines is 1. The van der Waals surface area contributed by atoms with Crippen LogP contribution in [0.1, 0.15) is 51.4 Å². The molecule has 1 saturated carbocycles. The van der Waals surface area contributed by atoms with E-state index in [1.165, 1.54) is 44.2 Å². The third kappa shape index (κ3) is 5.32. The van der Waals surface area contributed by atoms with Crippen molar-refractivity contribution in [2.75, 3.05) is 24.5 Å². The van der Waals surface area contributed by atoms with Crippen LogP contribution in [0, 0.1) is 17.6 Å². The van der Waals surface area contributed by atoms with E-state index in [9.17, 15) is 13.6 Å². The van der Waals surface area contributed by atoms with Crippen molar-refractivity contribution in [1.82, 2.24) is 10.6 Å². The van der Waals surface area contributed by atoms with Crippen LogP contribution < -0.4 is 15.5 Å². The summed E-state index contributed by atoms with van der Waals surface area (Å²) in [7, 11) is 0. The maximum atomic E-state index is 13.4. The lowest BCUT2D eigenvalue weighted by molar-refractivity contribution is 0.232. The van der Waals surface area contributed by atoms with Crippen LogP contribution in [0.2, 0.25) is 0 Å². The summed E-state index contributed by atoms with van der Waals surface area (Å²) in [5, 5.41) is 6.10. The fraction of sp³-hybridized carbons (Fsp3) is 0.650. The Kier molecular flexibility index (Phi) is 6.69. The number of benzene rings is 1. The van der Waals surface area contributed by atoms with Crippen LogP contribution in [0.5, 0.6) is 0 Å². The Labute approximate surface area is 154 Å². The lowest BCUT2D eigenvalue weighted by Crippen LogP contribution is -2.44. The third-order valence-corrected chi connectivity index (χ3v) is 5.55. The summed E-state index contributed by atoms with van der Waals surface area (Å²) in [4.78, 5) is 14.2. The van der Waals surface area contributed by atoms with Gasteiger partial charge in [-0.25, -0.2) is 13.6 Å². The molecular formula is C20H29F2N3O. The first kappa shape index (κ1) is 18.9. The van der Waals surface area contributed by atoms with Crippen molar-refractivity contribution in [2.45, 2.75) is 57.4 Å². The number of nitrogens with zero attached hydrogens (tertiary/aromatic N) is 1. The molecule has 6 heteroatoms. The summed E-state index contributed by atoms with van der Waals surface area (Å²) in [5.41, 5.74) is 0.699. The Morgan fingerprint density at radius 1 is 1.04 bits per heavy atom. The fourth-order valence-corrected chi connectivity index (χ4v) is 3.99. The van der Waals surface area contributed by atoms with E-state index in [-0.39, 0.29) is 12.1 Å². The van der Waals surface area contributed by atoms with Gasteiger partial charge >= 0.3 is 6.03 Å². The second-order valence-electron chi connectivity index (χ2n) is 7.60. The molecule has 2 N–H and O–H groups in total. The van der Waals surface area contributed by atoms with Gasteiger partial charge in [0.25, 0.3) is 0 Å². The van der Waals surface area contributed by atoms with Crippen LogP contribution in [0.4, 0.5) is 19.3 Å². The first-order valence-electron chi connectivity index (χ1n) is 9.86. The van der Waals surface area contributed by atoms with Gasteiger partial charge in [-0.05, 0) is 37.3 Å². The minimum atomic E-state index is -0.822. The summed E-state index contributed by atoms with van der Waals surface area (Å²) in [5.74, 6) is -1.31. The van der Waals surface area contributed by atoms with Crippen LogP contribution in [-0.2, 0) is 0 Å². The number of hydrogen-bond acceptors (Lipinski definition) is 2. The highest BCUT2D eigenvalue weighted by molar-refractivity contribution is 5.74. The molecule has 2 amide bonds. The van der Waals surface area contributed by atoms with E-state index in [0.717, 1.165) is 32.4 Å². The van der Waals surface area contributed by atoms with Crippen LogP contribution >= 0.6 is 0 Å². The Bertz CT molecular complexity index is 603. The van der Waals surface area contributed by atoms with Crippen LogP contribution in [0.3, 0.4) is 0 Å². The molecule has 1 aliphatic carbocycles. The molecule has 1 heterocycles. The number of amides is 2. The molecule has 2 fully saturated rings. The molecule has 0 aromatic heterocycles. The Hall–Kier alpha value is -1.85. The fourth-order valence-electron chi connectivity index (χ4n) is 3.99. The summed E-state index contributed by atoms with van der Waals surface area (Å²) >= 11 is 0. The minimum Gasteiger partial charge on any atom is -0.371 e. The van der Waals surface area contributed by atoms with Crippen molar-refractivity contribution < 1.29 is 13.6 Å². The van der Waals surface area contributed by atoms with Crippen molar-refractivity contribution >= 4 is 11.7 Å². The number of urea groups is 1. The molecule has 1 atom stereocenters. The molecule has 0 bridgehead atoms. The zero-order valence-corrected chi connectivity index (χ0v) is 15.3. The van der Waals surface area contributed by atoms with Crippen molar-refractivity contribution in [3.05, 3.63) is 29.8 Å². The quantitative estimate of drug-likeness (QED) is 0.840. The Morgan fingerprint density at radius 3 is 2.50 bits per heavy atom. The van der Waals surface area contributed by atoms with E-state index < -0.39 is 11.6 Å². The van der Waals surface area contributed by atoms with E-state index in [1.54, 1.807) is 6.07 Å². The zero-order valence-electron chi connectivity index (χ0n) is 15.3. The predicted octanol–water partition coefficient (Wildman–Crippen LogP) is 4.20. The van der Waals surface area contributed by atoms with Gasteiger partial charge < -0.3 is 15.5 Å². The standard InChI is InChI=1S/C20H29F2N3O/c21-18-9-8-17(12-19(18)22)25-11-10-15(14-25)13-23-20(26)24-16-6-4-2-1-3-5-7-16/h8-9,12,15-16H,1-7,10-11,13-14H2,(H2,23,24,26). The van der Waals surface area contributed by atoms with Crippen LogP contribution in [0.25, 0.3) is 0 Å². The molecule has 3 rings (SSSR count). The van der Waals surface area contributed by atoms with Gasteiger partial charge in [0, 0.05) is 37.4 Å². The van der Waals surface area contributed by atoms with Gasteiger partial charge in [-0.2, -0.15) is 0 Å². The Morgan fingerprint density at radius 2 is 1.77 bits per heavy atom. The van der Waals surface area contributed by atoms with E-state index >= 15 is 0 Å². The average Bonchev–Trinajstić information content (AvgIpc) is 3.07. The van der Waals surface area contributed by atoms with E-state index in [2.05, 4.69) is 10.6 Å². The molecule has 4 nitrogen and oxygen atoms in total. The van der Waals surface area contributed by atoms with Gasteiger partial charge in [0.2, 0.25) is 0 Å². The topological polar surface area (TPSA) is 44.4 Å². The molecule has 1 aromatic carbocycles. The molecular weight excluding hydrogens is 336 g/mol. The first-order valence-corrected chi connectivity index (χ1v) is 9.86. The minimum absolute atomic E-state index is 0.0816. The van der Waals surface area contributed by atoms with Gasteiger partial charge in [-0.15, -0.1) is 0 Å². The summed E-state index contributed by atoms with van der Waals surface area (Å²) < 4.78 is 26.5. The molecule has 0 radical (unpaired) electrons. The molecule has 2 aliphatic rings. The molecule has 1 unspecified atom stereocenters. The average molecular weight is 365 g/mol. The van der Waals surface area contributed by atoms with Crippen LogP contribution in [-0.4, -0.2) is 31.7 Å². The smallest absolute Gasteiger partial charge is 0.315 e. The maximum absolute atomic E-state index is 13.4. The molecule has 26 heavy (non-hydrogen) atoms. The maximum Gasteiger partial charge on any atom is 0.315 e. The van der Waals surface area contributed by atoms with Crippen molar-refractivity contribution in [1.29, 1.82) is 0 Å². The van der Waals surface area contributed by atoms with Gasteiger partial charge in [0.1, 0.15) is 0 Å². The van der Waals surface area contributed by atoms with Gasteiger partial charge in [-0.3, -0.25) is 0 Å². The SMILES string of the molecule is O=C(NCC1CCN(c2ccc(F)c(F)c2)C1)NC1CCCCCCC1. The van der Waals surface area contributed by atoms with Crippen molar-refractivity contribution in [3.8, 4) is 0 Å². The highest BCUT2D eigenvalue weighted by Crippen LogP contribution is 2.25. The number of carbonyl (C=O) groups excluding carboxylic acids is 1. The Balaban J connectivity index is 1.41. The molecule has 0 spiro atoms. The summed E-state index contributed by atoms with van der Waals surface area (Å²) in [6.07, 6.45) is 9.30. The van der Waals surface area contributed by atoms with Gasteiger partial charge in [0.05, 0.1) is 0 Å². The normalized spacial score (nSPS) is 21.9. The third-order valence-electron chi connectivity index (χ3n) is 5.55. The number of rotatable bonds is 4. The zero-order chi connectivity index (χ0) is 18.4. The molecule has 144 valence electrons. The van der Waals surface area contributed by atoms with Crippen molar-refractivity contribution in [3.63, 3.8) is 0 Å². The van der Waals surface area contributed by atoms with E-state index in [0.29, 0.717) is 18.2 Å². The number of nitrogens with one attached hydrogen (secondary N) is 2. The van der Waals surface area contributed by atoms with Gasteiger partial charge in [0.15, 0.2) is 11.6 Å². The first-order chi connectivity index (χ1) is 12.6. The molecule has 1 saturated heterocycles. The molecule has 1 aliphatic heterocycles. The second kappa shape index (κ2) is 9.19. The monoisotopic (exact) mass is 365 g/mol. The number of carbonyl (C=O) groups is 1. The highest BCUT2D eigenvalue weighted by Gasteiger charge is 2.24. The van der Waals surface area contributed by atoms with Crippen molar-refractivity contribution in [2.24, 2.45) is 5.92 Å². The molecule has 1 aromatic rings. The van der Waals surface area contributed by atoms with E-state index in [4.69, 9.17) is 0 Å². The lowest BCUT2D eigenvalue weighted by Gasteiger charge is -2.22. The largest absolute Gasteiger partial charge is 0.371 e. The summed E-state index contributed by atoms with van der Waals surface area (Å²) in [6, 6.07) is 4.22. The van der Waals surface area contributed by atoms with Crippen LogP contribution in [0.15, 0.2) is 18.2 Å². The number of halogens is 2. The highest BCUT2D eigenvalue weighted by atomic mass is 19.2. The summed E-state index contributed by atoms with van der Waals surface area (Å²) in [6.45, 7) is 2.15. The van der Waals surface area contributed by atoms with E-state index in [1.807, 2.05) is 4.90 Å². The predicted molar refractivity (Wildman–Crippen MR) is 99.3 cm³/mol. The second-order valence-corrected chi connectivity index (χ2v) is 7.60. The lowest BCUT2D eigenvalue weighted by atomic mass is 9.97. The van der Waals surface area contributed by atoms with Gasteiger partial charge in [-0.1, -0.05) is 32.1 Å².